The summed E-state index contributed by atoms with van der Waals surface area (Å²) in [7, 11) is 0. The number of fused-ring (bicyclic) bond motifs is 1. The van der Waals surface area contributed by atoms with Gasteiger partial charge in [-0.15, -0.1) is 11.3 Å². The zero-order valence-corrected chi connectivity index (χ0v) is 12.1. The molecule has 4 rings (SSSR count). The molecule has 0 aliphatic heterocycles. The molecule has 5 heteroatoms. The maximum Gasteiger partial charge on any atom is 0.337 e. The average Bonchev–Trinajstić information content (AvgIpc) is 3.07. The molecule has 1 aliphatic carbocycles. The van der Waals surface area contributed by atoms with Crippen molar-refractivity contribution in [3.8, 4) is 0 Å². The molecule has 0 spiro atoms. The van der Waals surface area contributed by atoms with Crippen LogP contribution < -0.4 is 0 Å². The molecule has 2 aromatic heterocycles. The maximum absolute atomic E-state index is 11.5. The summed E-state index contributed by atoms with van der Waals surface area (Å²) in [5.74, 6) is 0.626. The van der Waals surface area contributed by atoms with Crippen molar-refractivity contribution >= 4 is 28.3 Å². The molecule has 3 aromatic rings. The Morgan fingerprint density at radius 1 is 1.33 bits per heavy atom. The van der Waals surface area contributed by atoms with E-state index in [4.69, 9.17) is 4.98 Å². The predicted octanol–water partition coefficient (Wildman–Crippen LogP) is 3.72. The number of aromatic carboxylic acids is 1. The topological polar surface area (TPSA) is 55.1 Å². The minimum atomic E-state index is -0.893. The highest BCUT2D eigenvalue weighted by atomic mass is 32.1. The van der Waals surface area contributed by atoms with Crippen molar-refractivity contribution in [2.45, 2.75) is 25.3 Å². The van der Waals surface area contributed by atoms with Gasteiger partial charge in [0.2, 0.25) is 0 Å². The lowest BCUT2D eigenvalue weighted by molar-refractivity contribution is 0.0698. The second kappa shape index (κ2) is 4.70. The molecule has 21 heavy (non-hydrogen) atoms. The van der Waals surface area contributed by atoms with E-state index in [2.05, 4.69) is 10.6 Å². The van der Waals surface area contributed by atoms with Crippen molar-refractivity contribution in [1.29, 1.82) is 0 Å². The lowest BCUT2D eigenvalue weighted by Crippen LogP contribution is -2.07. The maximum atomic E-state index is 11.5. The van der Waals surface area contributed by atoms with Gasteiger partial charge in [0, 0.05) is 10.8 Å². The first-order chi connectivity index (χ1) is 10.2. The van der Waals surface area contributed by atoms with E-state index in [1.165, 1.54) is 4.88 Å². The molecule has 0 saturated heterocycles. The number of carboxylic acids is 1. The average molecular weight is 298 g/mol. The van der Waals surface area contributed by atoms with Gasteiger partial charge >= 0.3 is 5.97 Å². The Bertz CT molecular complexity index is 816. The molecule has 2 heterocycles. The van der Waals surface area contributed by atoms with Crippen molar-refractivity contribution in [2.75, 3.05) is 0 Å². The number of aromatic nitrogens is 2. The molecule has 0 unspecified atom stereocenters. The first-order valence-electron chi connectivity index (χ1n) is 6.99. The van der Waals surface area contributed by atoms with E-state index < -0.39 is 5.97 Å². The smallest absolute Gasteiger partial charge is 0.337 e. The van der Waals surface area contributed by atoms with Crippen LogP contribution in [0.15, 0.2) is 35.7 Å². The Morgan fingerprint density at radius 3 is 2.86 bits per heavy atom. The quantitative estimate of drug-likeness (QED) is 0.798. The van der Waals surface area contributed by atoms with Crippen molar-refractivity contribution < 1.29 is 9.90 Å². The molecule has 106 valence electrons. The number of nitrogens with zero attached hydrogens (tertiary/aromatic N) is 2. The second-order valence-electron chi connectivity index (χ2n) is 5.39. The number of rotatable bonds is 4. The molecule has 0 amide bonds. The molecule has 0 radical (unpaired) electrons. The van der Waals surface area contributed by atoms with Gasteiger partial charge in [-0.25, -0.2) is 9.78 Å². The summed E-state index contributed by atoms with van der Waals surface area (Å²) < 4.78 is 2.10. The Hall–Kier alpha value is -2.14. The number of thiophene rings is 1. The Kier molecular flexibility index (Phi) is 2.82. The lowest BCUT2D eigenvalue weighted by atomic mass is 10.2. The molecule has 1 N–H and O–H groups in total. The third kappa shape index (κ3) is 2.14. The Balaban J connectivity index is 1.95. The largest absolute Gasteiger partial charge is 0.478 e. The fourth-order valence-corrected chi connectivity index (χ4v) is 3.44. The summed E-state index contributed by atoms with van der Waals surface area (Å²) in [6, 6.07) is 9.43. The SMILES string of the molecule is O=C(O)c1cccc2nc(C3CC3)n(Cc3cccs3)c12. The molecule has 0 atom stereocenters. The molecule has 0 bridgehead atoms. The highest BCUT2D eigenvalue weighted by molar-refractivity contribution is 7.09. The van der Waals surface area contributed by atoms with Crippen molar-refractivity contribution in [2.24, 2.45) is 0 Å². The second-order valence-corrected chi connectivity index (χ2v) is 6.42. The molecule has 1 fully saturated rings. The van der Waals surface area contributed by atoms with Gasteiger partial charge in [-0.05, 0) is 36.4 Å². The number of imidazole rings is 1. The number of carbonyl (C=O) groups is 1. The van der Waals surface area contributed by atoms with Crippen LogP contribution >= 0.6 is 11.3 Å². The lowest BCUT2D eigenvalue weighted by Gasteiger charge is -2.09. The predicted molar refractivity (Wildman–Crippen MR) is 82.1 cm³/mol. The molecule has 1 aromatic carbocycles. The number of benzene rings is 1. The van der Waals surface area contributed by atoms with Crippen LogP contribution in [0.25, 0.3) is 11.0 Å². The van der Waals surface area contributed by atoms with E-state index in [0.717, 1.165) is 29.7 Å². The van der Waals surface area contributed by atoms with Crippen LogP contribution in [0, 0.1) is 0 Å². The monoisotopic (exact) mass is 298 g/mol. The Labute approximate surface area is 125 Å². The van der Waals surface area contributed by atoms with E-state index >= 15 is 0 Å². The van der Waals surface area contributed by atoms with Gasteiger partial charge in [0.25, 0.3) is 0 Å². The van der Waals surface area contributed by atoms with Gasteiger partial charge in [0.15, 0.2) is 0 Å². The van der Waals surface area contributed by atoms with Crippen molar-refractivity contribution in [3.63, 3.8) is 0 Å². The first-order valence-corrected chi connectivity index (χ1v) is 7.87. The van der Waals surface area contributed by atoms with E-state index in [9.17, 15) is 9.90 Å². The van der Waals surface area contributed by atoms with Gasteiger partial charge in [0.1, 0.15) is 5.82 Å². The zero-order chi connectivity index (χ0) is 14.4. The summed E-state index contributed by atoms with van der Waals surface area (Å²) in [6.07, 6.45) is 2.30. The van der Waals surface area contributed by atoms with Gasteiger partial charge in [0.05, 0.1) is 23.1 Å². The number of para-hydroxylation sites is 1. The van der Waals surface area contributed by atoms with Crippen LogP contribution in [-0.4, -0.2) is 20.6 Å². The van der Waals surface area contributed by atoms with Gasteiger partial charge in [-0.3, -0.25) is 0 Å². The van der Waals surface area contributed by atoms with Gasteiger partial charge in [-0.1, -0.05) is 12.1 Å². The first kappa shape index (κ1) is 12.6. The van der Waals surface area contributed by atoms with Crippen LogP contribution in [0.1, 0.15) is 39.8 Å². The van der Waals surface area contributed by atoms with Crippen LogP contribution in [-0.2, 0) is 6.54 Å². The number of hydrogen-bond donors (Lipinski definition) is 1. The van der Waals surface area contributed by atoms with Gasteiger partial charge < -0.3 is 9.67 Å². The minimum absolute atomic E-state index is 0.337. The van der Waals surface area contributed by atoms with Crippen LogP contribution in [0.2, 0.25) is 0 Å². The molecular weight excluding hydrogens is 284 g/mol. The summed E-state index contributed by atoms with van der Waals surface area (Å²) in [5, 5.41) is 11.5. The van der Waals surface area contributed by atoms with E-state index in [1.54, 1.807) is 23.5 Å². The fraction of sp³-hybridized carbons (Fsp3) is 0.250. The van der Waals surface area contributed by atoms with Crippen molar-refractivity contribution in [3.05, 3.63) is 52.0 Å². The molecular formula is C16H14N2O2S. The summed E-state index contributed by atoms with van der Waals surface area (Å²) in [4.78, 5) is 17.4. The molecule has 4 nitrogen and oxygen atoms in total. The number of hydrogen-bond acceptors (Lipinski definition) is 3. The third-order valence-electron chi connectivity index (χ3n) is 3.86. The zero-order valence-electron chi connectivity index (χ0n) is 11.3. The van der Waals surface area contributed by atoms with Crippen molar-refractivity contribution in [1.82, 2.24) is 9.55 Å². The van der Waals surface area contributed by atoms with E-state index in [0.29, 0.717) is 18.0 Å². The highest BCUT2D eigenvalue weighted by Gasteiger charge is 2.30. The Morgan fingerprint density at radius 2 is 2.19 bits per heavy atom. The number of carboxylic acid groups (broad SMARTS) is 1. The highest BCUT2D eigenvalue weighted by Crippen LogP contribution is 2.41. The molecule has 1 aliphatic rings. The van der Waals surface area contributed by atoms with E-state index in [-0.39, 0.29) is 0 Å². The standard InChI is InChI=1S/C16H14N2O2S/c19-16(20)12-4-1-5-13-14(12)18(9-11-3-2-8-21-11)15(17-13)10-6-7-10/h1-5,8,10H,6-7,9H2,(H,19,20). The minimum Gasteiger partial charge on any atom is -0.478 e. The van der Waals surface area contributed by atoms with Crippen LogP contribution in [0.4, 0.5) is 0 Å². The van der Waals surface area contributed by atoms with Crippen LogP contribution in [0.3, 0.4) is 0 Å². The fourth-order valence-electron chi connectivity index (χ4n) is 2.75. The van der Waals surface area contributed by atoms with E-state index in [1.807, 2.05) is 17.5 Å². The van der Waals surface area contributed by atoms with Crippen LogP contribution in [0.5, 0.6) is 0 Å². The normalized spacial score (nSPS) is 14.7. The summed E-state index contributed by atoms with van der Waals surface area (Å²) >= 11 is 1.69. The summed E-state index contributed by atoms with van der Waals surface area (Å²) in [5.41, 5.74) is 1.87. The molecule has 1 saturated carbocycles. The summed E-state index contributed by atoms with van der Waals surface area (Å²) in [6.45, 7) is 0.699. The van der Waals surface area contributed by atoms with Gasteiger partial charge in [-0.2, -0.15) is 0 Å². The third-order valence-corrected chi connectivity index (χ3v) is 4.72.